The van der Waals surface area contributed by atoms with Gasteiger partial charge in [-0.2, -0.15) is 4.31 Å². The summed E-state index contributed by atoms with van der Waals surface area (Å²) in [6.07, 6.45) is 5.22. The van der Waals surface area contributed by atoms with Gasteiger partial charge in [-0.3, -0.25) is 4.79 Å². The molecule has 2 aromatic rings. The third kappa shape index (κ3) is 6.05. The topological polar surface area (TPSA) is 84.9 Å². The van der Waals surface area contributed by atoms with Crippen LogP contribution in [0.2, 0.25) is 0 Å². The molecule has 7 nitrogen and oxygen atoms in total. The summed E-state index contributed by atoms with van der Waals surface area (Å²) in [6, 6.07) is 15.3. The van der Waals surface area contributed by atoms with E-state index in [9.17, 15) is 13.2 Å². The van der Waals surface area contributed by atoms with E-state index in [1.165, 1.54) is 5.56 Å². The number of sulfonamides is 1. The van der Waals surface area contributed by atoms with Gasteiger partial charge in [0.05, 0.1) is 12.0 Å². The molecule has 0 spiro atoms. The van der Waals surface area contributed by atoms with Crippen LogP contribution in [0, 0.1) is 0 Å². The molecule has 0 saturated carbocycles. The van der Waals surface area contributed by atoms with Crippen LogP contribution in [-0.4, -0.2) is 58.6 Å². The number of carbonyl (C=O) groups is 1. The van der Waals surface area contributed by atoms with Crippen LogP contribution in [0.3, 0.4) is 0 Å². The largest absolute Gasteiger partial charge is 0.496 e. The Balaban J connectivity index is 1.42. The van der Waals surface area contributed by atoms with E-state index in [1.807, 2.05) is 18.2 Å². The van der Waals surface area contributed by atoms with Gasteiger partial charge in [0.15, 0.2) is 0 Å². The van der Waals surface area contributed by atoms with Crippen LogP contribution in [0.15, 0.2) is 53.4 Å². The Morgan fingerprint density at radius 1 is 1.06 bits per heavy atom. The Kier molecular flexibility index (Phi) is 8.46. The highest BCUT2D eigenvalue weighted by atomic mass is 32.2. The molecule has 8 heteroatoms. The molecule has 2 aromatic carbocycles. The number of carbonyl (C=O) groups excluding carboxylic acids is 1. The minimum atomic E-state index is -3.55. The lowest BCUT2D eigenvalue weighted by molar-refractivity contribution is -0.121. The average molecular weight is 501 g/mol. The fourth-order valence-electron chi connectivity index (χ4n) is 5.09. The second kappa shape index (κ2) is 11.5. The summed E-state index contributed by atoms with van der Waals surface area (Å²) in [5.74, 6) is 0.540. The highest BCUT2D eigenvalue weighted by Gasteiger charge is 2.34. The number of methoxy groups -OCH3 is 1. The minimum Gasteiger partial charge on any atom is -0.496 e. The molecule has 0 unspecified atom stereocenters. The molecule has 1 N–H and O–H groups in total. The maximum Gasteiger partial charge on any atom is 0.243 e. The summed E-state index contributed by atoms with van der Waals surface area (Å²) in [4.78, 5) is 13.1. The van der Waals surface area contributed by atoms with Crippen LogP contribution in [0.4, 0.5) is 0 Å². The maximum absolute atomic E-state index is 13.1. The predicted molar refractivity (Wildman–Crippen MR) is 135 cm³/mol. The van der Waals surface area contributed by atoms with Gasteiger partial charge in [0.1, 0.15) is 5.75 Å². The fourth-order valence-corrected chi connectivity index (χ4v) is 6.66. The first-order valence-electron chi connectivity index (χ1n) is 12.5. The molecule has 0 aromatic heterocycles. The number of rotatable bonds is 9. The Morgan fingerprint density at radius 2 is 1.77 bits per heavy atom. The first-order chi connectivity index (χ1) is 16.9. The highest BCUT2D eigenvalue weighted by Crippen LogP contribution is 2.34. The van der Waals surface area contributed by atoms with Gasteiger partial charge in [0.25, 0.3) is 0 Å². The zero-order chi connectivity index (χ0) is 24.7. The average Bonchev–Trinajstić information content (AvgIpc) is 2.92. The van der Waals surface area contributed by atoms with Crippen LogP contribution >= 0.6 is 0 Å². The van der Waals surface area contributed by atoms with Crippen LogP contribution in [0.1, 0.15) is 49.7 Å². The first-order valence-corrected chi connectivity index (χ1v) is 14.0. The van der Waals surface area contributed by atoms with Crippen molar-refractivity contribution in [2.45, 2.75) is 55.3 Å². The molecule has 0 bridgehead atoms. The summed E-state index contributed by atoms with van der Waals surface area (Å²) >= 11 is 0. The Bertz CT molecular complexity index is 1090. The van der Waals surface area contributed by atoms with E-state index in [0.717, 1.165) is 37.7 Å². The van der Waals surface area contributed by atoms with Gasteiger partial charge >= 0.3 is 0 Å². The molecule has 4 rings (SSSR count). The molecule has 0 radical (unpaired) electrons. The maximum atomic E-state index is 13.1. The second-order valence-electron chi connectivity index (χ2n) is 9.47. The lowest BCUT2D eigenvalue weighted by Crippen LogP contribution is -2.44. The Morgan fingerprint density at radius 3 is 2.46 bits per heavy atom. The van der Waals surface area contributed by atoms with E-state index >= 15 is 0 Å². The van der Waals surface area contributed by atoms with Crippen molar-refractivity contribution in [1.29, 1.82) is 0 Å². The highest BCUT2D eigenvalue weighted by molar-refractivity contribution is 7.89. The van der Waals surface area contributed by atoms with Crippen molar-refractivity contribution >= 4 is 15.9 Å². The van der Waals surface area contributed by atoms with Gasteiger partial charge < -0.3 is 14.8 Å². The standard InChI is InChI=1S/C27H36N2O5S/c1-33-25-12-11-24(35(31,32)29-16-6-3-7-17-29)20-22(25)10-13-26(30)28-21-27(14-18-34-19-15-27)23-8-4-2-5-9-23/h2,4-5,8-9,11-12,20H,3,6-7,10,13-19,21H2,1H3,(H,28,30). The van der Waals surface area contributed by atoms with Crippen molar-refractivity contribution in [1.82, 2.24) is 9.62 Å². The smallest absolute Gasteiger partial charge is 0.243 e. The van der Waals surface area contributed by atoms with Gasteiger partial charge in [-0.1, -0.05) is 36.8 Å². The number of piperidine rings is 1. The zero-order valence-electron chi connectivity index (χ0n) is 20.5. The lowest BCUT2D eigenvalue weighted by atomic mass is 9.74. The molecular weight excluding hydrogens is 464 g/mol. The summed E-state index contributed by atoms with van der Waals surface area (Å²) in [5.41, 5.74) is 1.82. The zero-order valence-corrected chi connectivity index (χ0v) is 21.3. The third-order valence-corrected chi connectivity index (χ3v) is 9.18. The minimum absolute atomic E-state index is 0.0573. The molecule has 2 fully saturated rings. The molecule has 0 aliphatic carbocycles. The van der Waals surface area contributed by atoms with E-state index in [2.05, 4.69) is 17.4 Å². The number of nitrogens with one attached hydrogen (secondary N) is 1. The fraction of sp³-hybridized carbons (Fsp3) is 0.519. The Hall–Kier alpha value is -2.42. The van der Waals surface area contributed by atoms with Crippen molar-refractivity contribution in [2.24, 2.45) is 0 Å². The summed E-state index contributed by atoms with van der Waals surface area (Å²) in [5, 5.41) is 3.13. The van der Waals surface area contributed by atoms with Crippen LogP contribution < -0.4 is 10.1 Å². The van der Waals surface area contributed by atoms with Gasteiger partial charge in [0.2, 0.25) is 15.9 Å². The van der Waals surface area contributed by atoms with Crippen LogP contribution in [0.25, 0.3) is 0 Å². The van der Waals surface area contributed by atoms with Gasteiger partial charge in [-0.15, -0.1) is 0 Å². The molecule has 0 atom stereocenters. The molecule has 2 aliphatic rings. The summed E-state index contributed by atoms with van der Waals surface area (Å²) < 4.78 is 38.9. The normalized spacial score (nSPS) is 18.7. The number of hydrogen-bond acceptors (Lipinski definition) is 5. The number of ether oxygens (including phenoxy) is 2. The van der Waals surface area contributed by atoms with Gasteiger partial charge in [0, 0.05) is 44.7 Å². The van der Waals surface area contributed by atoms with Gasteiger partial charge in [-0.05, 0) is 61.4 Å². The van der Waals surface area contributed by atoms with E-state index in [4.69, 9.17) is 9.47 Å². The van der Waals surface area contributed by atoms with Crippen molar-refractivity contribution in [2.75, 3.05) is 40.0 Å². The molecule has 190 valence electrons. The predicted octanol–water partition coefficient (Wildman–Crippen LogP) is 3.67. The SMILES string of the molecule is COc1ccc(S(=O)(=O)N2CCCCC2)cc1CCC(=O)NCC1(c2ccccc2)CCOCC1. The monoisotopic (exact) mass is 500 g/mol. The molecule has 35 heavy (non-hydrogen) atoms. The first kappa shape index (κ1) is 25.7. The molecule has 1 amide bonds. The van der Waals surface area contributed by atoms with E-state index < -0.39 is 10.0 Å². The molecule has 2 aliphatic heterocycles. The third-order valence-electron chi connectivity index (χ3n) is 7.29. The van der Waals surface area contributed by atoms with Crippen molar-refractivity contribution in [3.63, 3.8) is 0 Å². The number of nitrogens with zero attached hydrogens (tertiary/aromatic N) is 1. The number of hydrogen-bond donors (Lipinski definition) is 1. The van der Waals surface area contributed by atoms with Crippen molar-refractivity contribution in [3.05, 3.63) is 59.7 Å². The molecular formula is C27H36N2O5S. The number of aryl methyl sites for hydroxylation is 1. The van der Waals surface area contributed by atoms with Crippen molar-refractivity contribution in [3.8, 4) is 5.75 Å². The van der Waals surface area contributed by atoms with E-state index in [0.29, 0.717) is 45.0 Å². The van der Waals surface area contributed by atoms with Gasteiger partial charge in [-0.25, -0.2) is 8.42 Å². The van der Waals surface area contributed by atoms with Crippen LogP contribution in [-0.2, 0) is 31.4 Å². The number of amides is 1. The van der Waals surface area contributed by atoms with Crippen LogP contribution in [0.5, 0.6) is 5.75 Å². The second-order valence-corrected chi connectivity index (χ2v) is 11.4. The van der Waals surface area contributed by atoms with E-state index in [-0.39, 0.29) is 22.6 Å². The molecule has 2 saturated heterocycles. The summed E-state index contributed by atoms with van der Waals surface area (Å²) in [7, 11) is -1.98. The Labute approximate surface area is 208 Å². The summed E-state index contributed by atoms with van der Waals surface area (Å²) in [6.45, 7) is 3.03. The quantitative estimate of drug-likeness (QED) is 0.568. The van der Waals surface area contributed by atoms with Crippen molar-refractivity contribution < 1.29 is 22.7 Å². The lowest BCUT2D eigenvalue weighted by Gasteiger charge is -2.38. The number of benzene rings is 2. The molecule has 2 heterocycles. The van der Waals surface area contributed by atoms with E-state index in [1.54, 1.807) is 29.6 Å².